The molecule has 0 aromatic carbocycles. The van der Waals surface area contributed by atoms with Crippen molar-refractivity contribution in [3.8, 4) is 6.07 Å². The minimum Gasteiger partial charge on any atom is -0.378 e. The van der Waals surface area contributed by atoms with Gasteiger partial charge in [0.05, 0.1) is 42.4 Å². The number of nitrogens with zero attached hydrogens (tertiary/aromatic N) is 4. The van der Waals surface area contributed by atoms with Gasteiger partial charge in [0, 0.05) is 13.1 Å². The Balaban J connectivity index is 1.99. The molecule has 3 heterocycles. The molecule has 0 N–H and O–H groups in total. The van der Waals surface area contributed by atoms with Crippen LogP contribution in [0.25, 0.3) is 5.52 Å². The summed E-state index contributed by atoms with van der Waals surface area (Å²) < 4.78 is 7.08. The second-order valence-corrected chi connectivity index (χ2v) is 3.99. The SMILES string of the molecule is N#Cc1cnn2cc(N3CCOCC3)ccc12. The van der Waals surface area contributed by atoms with Gasteiger partial charge in [0.15, 0.2) is 0 Å². The van der Waals surface area contributed by atoms with Gasteiger partial charge in [-0.15, -0.1) is 0 Å². The Hall–Kier alpha value is -2.06. The van der Waals surface area contributed by atoms with E-state index in [9.17, 15) is 0 Å². The summed E-state index contributed by atoms with van der Waals surface area (Å²) in [6.07, 6.45) is 3.56. The molecule has 86 valence electrons. The van der Waals surface area contributed by atoms with Crippen LogP contribution in [0.1, 0.15) is 5.56 Å². The van der Waals surface area contributed by atoms with Crippen LogP contribution in [-0.2, 0) is 4.74 Å². The molecule has 1 aliphatic heterocycles. The predicted octanol–water partition coefficient (Wildman–Crippen LogP) is 1.04. The fourth-order valence-corrected chi connectivity index (χ4v) is 2.07. The zero-order chi connectivity index (χ0) is 11.7. The van der Waals surface area contributed by atoms with Crippen LogP contribution in [0.2, 0.25) is 0 Å². The smallest absolute Gasteiger partial charge is 0.103 e. The Kier molecular flexibility index (Phi) is 2.42. The van der Waals surface area contributed by atoms with E-state index in [2.05, 4.69) is 16.1 Å². The molecule has 0 saturated carbocycles. The summed E-state index contributed by atoms with van der Waals surface area (Å²) in [6.45, 7) is 3.33. The molecule has 0 amide bonds. The first kappa shape index (κ1) is 10.1. The quantitative estimate of drug-likeness (QED) is 0.732. The average Bonchev–Trinajstić information content (AvgIpc) is 2.81. The summed E-state index contributed by atoms with van der Waals surface area (Å²) in [7, 11) is 0. The highest BCUT2D eigenvalue weighted by molar-refractivity contribution is 5.63. The zero-order valence-corrected chi connectivity index (χ0v) is 9.33. The van der Waals surface area contributed by atoms with Gasteiger partial charge in [0.2, 0.25) is 0 Å². The number of pyridine rings is 1. The molecule has 5 heteroatoms. The second-order valence-electron chi connectivity index (χ2n) is 3.99. The number of nitriles is 1. The van der Waals surface area contributed by atoms with Gasteiger partial charge in [-0.3, -0.25) is 0 Å². The lowest BCUT2D eigenvalue weighted by atomic mass is 10.2. The van der Waals surface area contributed by atoms with Crippen molar-refractivity contribution >= 4 is 11.2 Å². The van der Waals surface area contributed by atoms with Crippen LogP contribution in [0.15, 0.2) is 24.5 Å². The molecule has 1 fully saturated rings. The maximum atomic E-state index is 8.91. The molecule has 1 aliphatic rings. The number of hydrogen-bond acceptors (Lipinski definition) is 4. The molecule has 5 nitrogen and oxygen atoms in total. The van der Waals surface area contributed by atoms with Crippen molar-refractivity contribution < 1.29 is 4.74 Å². The van der Waals surface area contributed by atoms with Gasteiger partial charge in [0.25, 0.3) is 0 Å². The topological polar surface area (TPSA) is 53.6 Å². The van der Waals surface area contributed by atoms with Crippen molar-refractivity contribution in [3.63, 3.8) is 0 Å². The minimum absolute atomic E-state index is 0.610. The van der Waals surface area contributed by atoms with Gasteiger partial charge >= 0.3 is 0 Å². The molecule has 17 heavy (non-hydrogen) atoms. The fourth-order valence-electron chi connectivity index (χ4n) is 2.07. The molecule has 0 bridgehead atoms. The standard InChI is InChI=1S/C12H12N4O/c13-7-10-8-14-16-9-11(1-2-12(10)16)15-3-5-17-6-4-15/h1-2,8-9H,3-6H2. The lowest BCUT2D eigenvalue weighted by Gasteiger charge is -2.28. The minimum atomic E-state index is 0.610. The Bertz CT molecular complexity index is 578. The molecule has 0 spiro atoms. The lowest BCUT2D eigenvalue weighted by molar-refractivity contribution is 0.122. The van der Waals surface area contributed by atoms with E-state index in [0.29, 0.717) is 5.56 Å². The number of morpholine rings is 1. The molecule has 0 aliphatic carbocycles. The van der Waals surface area contributed by atoms with Crippen molar-refractivity contribution in [1.29, 1.82) is 5.26 Å². The molecule has 0 unspecified atom stereocenters. The van der Waals surface area contributed by atoms with Gasteiger partial charge in [-0.1, -0.05) is 0 Å². The van der Waals surface area contributed by atoms with Crippen molar-refractivity contribution in [1.82, 2.24) is 9.61 Å². The van der Waals surface area contributed by atoms with E-state index < -0.39 is 0 Å². The van der Waals surface area contributed by atoms with Crippen LogP contribution in [0.4, 0.5) is 5.69 Å². The second kappa shape index (κ2) is 4.07. The van der Waals surface area contributed by atoms with E-state index in [0.717, 1.165) is 37.5 Å². The number of fused-ring (bicyclic) bond motifs is 1. The van der Waals surface area contributed by atoms with Crippen LogP contribution >= 0.6 is 0 Å². The Morgan fingerprint density at radius 3 is 2.88 bits per heavy atom. The largest absolute Gasteiger partial charge is 0.378 e. The molecule has 2 aromatic rings. The van der Waals surface area contributed by atoms with E-state index in [1.165, 1.54) is 0 Å². The van der Waals surface area contributed by atoms with Crippen LogP contribution in [0, 0.1) is 11.3 Å². The molecule has 0 radical (unpaired) electrons. The number of anilines is 1. The number of hydrogen-bond donors (Lipinski definition) is 0. The first-order chi connectivity index (χ1) is 8.38. The Labute approximate surface area is 98.8 Å². The van der Waals surface area contributed by atoms with Gasteiger partial charge in [-0.05, 0) is 12.1 Å². The molecule has 0 atom stereocenters. The van der Waals surface area contributed by atoms with Crippen molar-refractivity contribution in [2.75, 3.05) is 31.2 Å². The fraction of sp³-hybridized carbons (Fsp3) is 0.333. The summed E-state index contributed by atoms with van der Waals surface area (Å²) in [4.78, 5) is 2.26. The van der Waals surface area contributed by atoms with Crippen LogP contribution in [0.5, 0.6) is 0 Å². The number of aromatic nitrogens is 2. The third-order valence-corrected chi connectivity index (χ3v) is 3.00. The van der Waals surface area contributed by atoms with Crippen molar-refractivity contribution in [3.05, 3.63) is 30.1 Å². The van der Waals surface area contributed by atoms with Gasteiger partial charge in [-0.2, -0.15) is 10.4 Å². The molecule has 3 rings (SSSR count). The molecule has 1 saturated heterocycles. The summed E-state index contributed by atoms with van der Waals surface area (Å²) in [5, 5.41) is 13.1. The molecular weight excluding hydrogens is 216 g/mol. The first-order valence-corrected chi connectivity index (χ1v) is 5.59. The first-order valence-electron chi connectivity index (χ1n) is 5.59. The van der Waals surface area contributed by atoms with E-state index in [1.54, 1.807) is 10.7 Å². The predicted molar refractivity (Wildman–Crippen MR) is 62.9 cm³/mol. The highest BCUT2D eigenvalue weighted by atomic mass is 16.5. The van der Waals surface area contributed by atoms with E-state index in [-0.39, 0.29) is 0 Å². The summed E-state index contributed by atoms with van der Waals surface area (Å²) in [6, 6.07) is 6.10. The van der Waals surface area contributed by atoms with Crippen molar-refractivity contribution in [2.24, 2.45) is 0 Å². The van der Waals surface area contributed by atoms with E-state index >= 15 is 0 Å². The normalized spacial score (nSPS) is 16.1. The summed E-state index contributed by atoms with van der Waals surface area (Å²) in [5.74, 6) is 0. The van der Waals surface area contributed by atoms with Crippen LogP contribution < -0.4 is 4.90 Å². The highest BCUT2D eigenvalue weighted by Crippen LogP contribution is 2.18. The van der Waals surface area contributed by atoms with Gasteiger partial charge < -0.3 is 9.64 Å². The highest BCUT2D eigenvalue weighted by Gasteiger charge is 2.12. The third-order valence-electron chi connectivity index (χ3n) is 3.00. The maximum absolute atomic E-state index is 8.91. The van der Waals surface area contributed by atoms with Crippen LogP contribution in [-0.4, -0.2) is 35.9 Å². The third kappa shape index (κ3) is 1.73. The zero-order valence-electron chi connectivity index (χ0n) is 9.33. The number of rotatable bonds is 1. The lowest BCUT2D eigenvalue weighted by Crippen LogP contribution is -2.36. The Morgan fingerprint density at radius 1 is 1.29 bits per heavy atom. The molecule has 2 aromatic heterocycles. The van der Waals surface area contributed by atoms with Gasteiger partial charge in [-0.25, -0.2) is 4.52 Å². The van der Waals surface area contributed by atoms with E-state index in [1.807, 2.05) is 18.3 Å². The monoisotopic (exact) mass is 228 g/mol. The van der Waals surface area contributed by atoms with Crippen LogP contribution in [0.3, 0.4) is 0 Å². The van der Waals surface area contributed by atoms with Crippen molar-refractivity contribution in [2.45, 2.75) is 0 Å². The maximum Gasteiger partial charge on any atom is 0.103 e. The average molecular weight is 228 g/mol. The van der Waals surface area contributed by atoms with E-state index in [4.69, 9.17) is 10.00 Å². The van der Waals surface area contributed by atoms with Gasteiger partial charge in [0.1, 0.15) is 6.07 Å². The summed E-state index contributed by atoms with van der Waals surface area (Å²) in [5.41, 5.74) is 2.58. The summed E-state index contributed by atoms with van der Waals surface area (Å²) >= 11 is 0. The Morgan fingerprint density at radius 2 is 2.12 bits per heavy atom. The number of ether oxygens (including phenoxy) is 1. The molecular formula is C12H12N4O.